The lowest BCUT2D eigenvalue weighted by Crippen LogP contribution is -2.38. The van der Waals surface area contributed by atoms with Crippen molar-refractivity contribution in [2.45, 2.75) is 19.5 Å². The summed E-state index contributed by atoms with van der Waals surface area (Å²) in [6.07, 6.45) is 2.01. The highest BCUT2D eigenvalue weighted by molar-refractivity contribution is 7.12. The van der Waals surface area contributed by atoms with Crippen molar-refractivity contribution >= 4 is 29.0 Å². The molecule has 1 unspecified atom stereocenters. The lowest BCUT2D eigenvalue weighted by molar-refractivity contribution is 0.0607. The highest BCUT2D eigenvalue weighted by Crippen LogP contribution is 2.39. The van der Waals surface area contributed by atoms with Crippen LogP contribution in [0.2, 0.25) is 0 Å². The Bertz CT molecular complexity index is 1620. The number of amides is 2. The maximum absolute atomic E-state index is 14.0. The van der Waals surface area contributed by atoms with E-state index >= 15 is 0 Å². The number of aromatic nitrogens is 3. The summed E-state index contributed by atoms with van der Waals surface area (Å²) >= 11 is 1.23. The number of benzene rings is 2. The number of nitrogens with one attached hydrogen (secondary N) is 1. The molecule has 190 valence electrons. The Balaban J connectivity index is 1.51. The van der Waals surface area contributed by atoms with Gasteiger partial charge in [-0.3, -0.25) is 0 Å². The van der Waals surface area contributed by atoms with E-state index in [1.54, 1.807) is 16.3 Å². The van der Waals surface area contributed by atoms with Crippen molar-refractivity contribution in [1.82, 2.24) is 19.2 Å². The van der Waals surface area contributed by atoms with E-state index < -0.39 is 5.97 Å². The number of urea groups is 1. The molecule has 9 heteroatoms. The molecule has 5 aromatic rings. The Labute approximate surface area is 223 Å². The van der Waals surface area contributed by atoms with Crippen LogP contribution < -0.4 is 5.32 Å². The number of methoxy groups -OCH3 is 1. The Hall–Kier alpha value is -4.63. The van der Waals surface area contributed by atoms with E-state index in [1.807, 2.05) is 90.6 Å². The quantitative estimate of drug-likeness (QED) is 0.295. The number of thiophene rings is 1. The number of aryl methyl sites for hydroxylation is 1. The topological polar surface area (TPSA) is 81.4 Å². The zero-order valence-corrected chi connectivity index (χ0v) is 21.7. The molecule has 1 N–H and O–H groups in total. The molecule has 1 aliphatic rings. The fourth-order valence-corrected chi connectivity index (χ4v) is 5.75. The van der Waals surface area contributed by atoms with Gasteiger partial charge in [0, 0.05) is 11.8 Å². The van der Waals surface area contributed by atoms with Crippen molar-refractivity contribution in [3.05, 3.63) is 118 Å². The molecule has 2 amide bonds. The summed E-state index contributed by atoms with van der Waals surface area (Å²) in [6.45, 7) is 2.29. The number of carbonyl (C=O) groups excluding carboxylic acids is 2. The van der Waals surface area contributed by atoms with Gasteiger partial charge in [0.1, 0.15) is 10.7 Å². The van der Waals surface area contributed by atoms with E-state index in [0.717, 1.165) is 34.0 Å². The second kappa shape index (κ2) is 9.68. The van der Waals surface area contributed by atoms with Crippen molar-refractivity contribution in [3.8, 4) is 11.5 Å². The Morgan fingerprint density at radius 1 is 1.00 bits per heavy atom. The third-order valence-corrected chi connectivity index (χ3v) is 7.64. The minimum atomic E-state index is -0.484. The van der Waals surface area contributed by atoms with Gasteiger partial charge in [-0.2, -0.15) is 5.10 Å². The van der Waals surface area contributed by atoms with Gasteiger partial charge in [-0.05, 0) is 48.2 Å². The smallest absolute Gasteiger partial charge is 0.350 e. The number of hydrogen-bond acceptors (Lipinski definition) is 5. The molecule has 8 nitrogen and oxygen atoms in total. The number of anilines is 1. The zero-order chi connectivity index (χ0) is 26.2. The van der Waals surface area contributed by atoms with Crippen LogP contribution in [0, 0.1) is 6.92 Å². The highest BCUT2D eigenvalue weighted by atomic mass is 32.1. The first kappa shape index (κ1) is 23.7. The molecule has 1 atom stereocenters. The van der Waals surface area contributed by atoms with Crippen LogP contribution in [0.25, 0.3) is 11.5 Å². The number of nitrogens with zero attached hydrogens (tertiary/aromatic N) is 4. The predicted octanol–water partition coefficient (Wildman–Crippen LogP) is 5.96. The Kier molecular flexibility index (Phi) is 6.05. The molecule has 3 aromatic heterocycles. The first-order valence-electron chi connectivity index (χ1n) is 12.2. The second-order valence-corrected chi connectivity index (χ2v) is 9.88. The molecular weight excluding hydrogens is 498 g/mol. The highest BCUT2D eigenvalue weighted by Gasteiger charge is 2.36. The summed E-state index contributed by atoms with van der Waals surface area (Å²) in [5.74, 6) is 0.414. The first-order valence-corrected chi connectivity index (χ1v) is 13.0. The molecule has 0 spiro atoms. The molecule has 0 saturated heterocycles. The minimum absolute atomic E-state index is 0.318. The van der Waals surface area contributed by atoms with E-state index in [4.69, 9.17) is 9.84 Å². The van der Waals surface area contributed by atoms with Crippen LogP contribution in [0.15, 0.2) is 90.4 Å². The molecule has 0 radical (unpaired) electrons. The summed E-state index contributed by atoms with van der Waals surface area (Å²) in [5.41, 5.74) is 5.05. The van der Waals surface area contributed by atoms with Gasteiger partial charge in [0.2, 0.25) is 0 Å². The normalized spacial score (nSPS) is 14.4. The van der Waals surface area contributed by atoms with E-state index in [1.165, 1.54) is 18.4 Å². The van der Waals surface area contributed by atoms with Crippen LogP contribution in [0.4, 0.5) is 10.5 Å². The number of para-hydroxylation sites is 1. The lowest BCUT2D eigenvalue weighted by Gasteiger charge is -2.31. The van der Waals surface area contributed by atoms with Crippen molar-refractivity contribution in [3.63, 3.8) is 0 Å². The molecule has 4 heterocycles. The summed E-state index contributed by atoms with van der Waals surface area (Å²) in [7, 11) is 1.33. The third-order valence-electron chi connectivity index (χ3n) is 6.74. The molecule has 0 aliphatic carbocycles. The minimum Gasteiger partial charge on any atom is -0.465 e. The van der Waals surface area contributed by atoms with Gasteiger partial charge in [0.25, 0.3) is 0 Å². The first-order chi connectivity index (χ1) is 18.6. The van der Waals surface area contributed by atoms with E-state index in [9.17, 15) is 9.59 Å². The van der Waals surface area contributed by atoms with Gasteiger partial charge in [-0.15, -0.1) is 11.3 Å². The van der Waals surface area contributed by atoms with Crippen molar-refractivity contribution in [1.29, 1.82) is 0 Å². The fraction of sp³-hybridized carbons (Fsp3) is 0.138. The maximum atomic E-state index is 14.0. The van der Waals surface area contributed by atoms with Crippen LogP contribution >= 0.6 is 11.3 Å². The molecule has 0 saturated carbocycles. The number of rotatable bonds is 4. The molecule has 2 aromatic carbocycles. The van der Waals surface area contributed by atoms with Gasteiger partial charge in [-0.1, -0.05) is 48.5 Å². The van der Waals surface area contributed by atoms with Crippen LogP contribution in [-0.2, 0) is 11.3 Å². The van der Waals surface area contributed by atoms with Gasteiger partial charge in [0.05, 0.1) is 42.5 Å². The third kappa shape index (κ3) is 3.97. The van der Waals surface area contributed by atoms with E-state index in [2.05, 4.69) is 9.88 Å². The lowest BCUT2D eigenvalue weighted by atomic mass is 10.0. The molecule has 0 bridgehead atoms. The van der Waals surface area contributed by atoms with Crippen molar-refractivity contribution < 1.29 is 14.3 Å². The molecular formula is C29H25N5O3S. The van der Waals surface area contributed by atoms with Crippen LogP contribution in [0.1, 0.15) is 38.2 Å². The fourth-order valence-electron chi connectivity index (χ4n) is 4.98. The average molecular weight is 524 g/mol. The number of esters is 1. The SMILES string of the molecule is COC(=O)c1sccc1NC(=O)N1Cc2c(C)nn(-c3ccccc3)c2-n2cccc2C1c1ccccc1. The zero-order valence-electron chi connectivity index (χ0n) is 20.9. The predicted molar refractivity (Wildman–Crippen MR) is 146 cm³/mol. The van der Waals surface area contributed by atoms with Crippen LogP contribution in [0.3, 0.4) is 0 Å². The van der Waals surface area contributed by atoms with Gasteiger partial charge >= 0.3 is 12.0 Å². The summed E-state index contributed by atoms with van der Waals surface area (Å²) in [4.78, 5) is 28.5. The summed E-state index contributed by atoms with van der Waals surface area (Å²) < 4.78 is 8.97. The molecule has 0 fully saturated rings. The van der Waals surface area contributed by atoms with Crippen LogP contribution in [-0.4, -0.2) is 38.4 Å². The Morgan fingerprint density at radius 3 is 2.47 bits per heavy atom. The number of fused-ring (bicyclic) bond motifs is 3. The number of hydrogen-bond donors (Lipinski definition) is 1. The van der Waals surface area contributed by atoms with Gasteiger partial charge in [-0.25, -0.2) is 14.3 Å². The Morgan fingerprint density at radius 2 is 1.74 bits per heavy atom. The monoisotopic (exact) mass is 523 g/mol. The largest absolute Gasteiger partial charge is 0.465 e. The van der Waals surface area contributed by atoms with Crippen molar-refractivity contribution in [2.75, 3.05) is 12.4 Å². The number of carbonyl (C=O) groups is 2. The summed E-state index contributed by atoms with van der Waals surface area (Å²) in [5, 5.41) is 9.61. The van der Waals surface area contributed by atoms with Gasteiger partial charge in [0.15, 0.2) is 0 Å². The van der Waals surface area contributed by atoms with E-state index in [0.29, 0.717) is 17.1 Å². The summed E-state index contributed by atoms with van der Waals surface area (Å²) in [6, 6.07) is 25.0. The average Bonchev–Trinajstić information content (AvgIpc) is 3.66. The maximum Gasteiger partial charge on any atom is 0.350 e. The van der Waals surface area contributed by atoms with Crippen LogP contribution in [0.5, 0.6) is 0 Å². The number of ether oxygens (including phenoxy) is 1. The molecule has 6 rings (SSSR count). The molecule has 1 aliphatic heterocycles. The van der Waals surface area contributed by atoms with Gasteiger partial charge < -0.3 is 19.5 Å². The molecule has 38 heavy (non-hydrogen) atoms. The van der Waals surface area contributed by atoms with Crippen molar-refractivity contribution in [2.24, 2.45) is 0 Å². The van der Waals surface area contributed by atoms with E-state index in [-0.39, 0.29) is 12.1 Å². The second-order valence-electron chi connectivity index (χ2n) is 8.96. The standard InChI is InChI=1S/C29H25N5O3S/c1-19-22-18-33(29(36)30-23-15-17-38-26(23)28(35)37-2)25(20-10-5-3-6-11-20)24-14-9-16-32(24)27(22)34(31-19)21-12-7-4-8-13-21/h3-17,25H,18H2,1-2H3,(H,30,36).